The summed E-state index contributed by atoms with van der Waals surface area (Å²) >= 11 is 0. The van der Waals surface area contributed by atoms with Crippen molar-refractivity contribution in [1.29, 1.82) is 0 Å². The zero-order chi connectivity index (χ0) is 9.73. The first-order valence-corrected chi connectivity index (χ1v) is 6.71. The van der Waals surface area contributed by atoms with Crippen LogP contribution in [0.25, 0.3) is 0 Å². The molecule has 13 heavy (non-hydrogen) atoms. The maximum absolute atomic E-state index is 11.7. The van der Waals surface area contributed by atoms with Gasteiger partial charge in [-0.3, -0.25) is 4.57 Å². The molecule has 3 N–H and O–H groups in total. The molecule has 0 aromatic heterocycles. The Hall–Kier alpha value is 0.110. The lowest BCUT2D eigenvalue weighted by molar-refractivity contribution is 0.0583. The van der Waals surface area contributed by atoms with Crippen molar-refractivity contribution in [3.63, 3.8) is 0 Å². The van der Waals surface area contributed by atoms with E-state index >= 15 is 0 Å². The third kappa shape index (κ3) is 3.39. The zero-order valence-electron chi connectivity index (χ0n) is 7.82. The topological polar surface area (TPSA) is 72.6 Å². The number of rotatable bonds is 4. The first-order valence-electron chi connectivity index (χ1n) is 4.80. The average molecular weight is 207 g/mol. The molecule has 1 rings (SSSR count). The fourth-order valence-electron chi connectivity index (χ4n) is 1.50. The van der Waals surface area contributed by atoms with Gasteiger partial charge in [0.15, 0.2) is 0 Å². The molecule has 1 fully saturated rings. The minimum Gasteiger partial charge on any atom is -0.368 e. The van der Waals surface area contributed by atoms with E-state index < -0.39 is 13.2 Å². The van der Waals surface area contributed by atoms with E-state index in [-0.39, 0.29) is 0 Å². The van der Waals surface area contributed by atoms with E-state index in [0.717, 1.165) is 19.3 Å². The van der Waals surface area contributed by atoms with Gasteiger partial charge in [0.25, 0.3) is 0 Å². The predicted molar refractivity (Wildman–Crippen MR) is 52.0 cm³/mol. The van der Waals surface area contributed by atoms with Crippen LogP contribution in [-0.2, 0) is 9.30 Å². The summed E-state index contributed by atoms with van der Waals surface area (Å²) in [6, 6.07) is 0. The summed E-state index contributed by atoms with van der Waals surface area (Å²) in [6.07, 6.45) is 3.63. The van der Waals surface area contributed by atoms with Crippen molar-refractivity contribution in [1.82, 2.24) is 0 Å². The Balaban J connectivity index is 2.41. The SMILES string of the molecule is NCCCP(=O)(O)[C@@H]1CCCCO1. The van der Waals surface area contributed by atoms with Crippen LogP contribution in [0.2, 0.25) is 0 Å². The summed E-state index contributed by atoms with van der Waals surface area (Å²) < 4.78 is 17.0. The van der Waals surface area contributed by atoms with Crippen LogP contribution in [0.5, 0.6) is 0 Å². The fourth-order valence-corrected chi connectivity index (χ4v) is 3.35. The standard InChI is InChI=1S/C8H18NO3P/c9-5-3-7-13(10,11)8-4-1-2-6-12-8/h8H,1-7,9H2,(H,10,11)/t8-/m1/s1. The van der Waals surface area contributed by atoms with Crippen LogP contribution in [0, 0.1) is 0 Å². The Kier molecular flexibility index (Phi) is 4.39. The molecule has 0 aromatic rings. The minimum atomic E-state index is -3.09. The smallest absolute Gasteiger partial charge is 0.228 e. The zero-order valence-corrected chi connectivity index (χ0v) is 8.71. The number of hydrogen-bond acceptors (Lipinski definition) is 3. The summed E-state index contributed by atoms with van der Waals surface area (Å²) in [7, 11) is -3.09. The Bertz CT molecular complexity index is 192. The Labute approximate surface area is 78.9 Å². The van der Waals surface area contributed by atoms with Crippen LogP contribution >= 0.6 is 7.37 Å². The highest BCUT2D eigenvalue weighted by Gasteiger charge is 2.32. The Morgan fingerprint density at radius 1 is 1.54 bits per heavy atom. The quantitative estimate of drug-likeness (QED) is 0.678. The van der Waals surface area contributed by atoms with Crippen molar-refractivity contribution in [2.24, 2.45) is 5.73 Å². The van der Waals surface area contributed by atoms with E-state index in [1.165, 1.54) is 0 Å². The summed E-state index contributed by atoms with van der Waals surface area (Å²) in [6.45, 7) is 1.09. The Morgan fingerprint density at radius 3 is 2.85 bits per heavy atom. The molecule has 2 atom stereocenters. The summed E-state index contributed by atoms with van der Waals surface area (Å²) in [5.74, 6) is -0.423. The van der Waals surface area contributed by atoms with E-state index in [9.17, 15) is 9.46 Å². The van der Waals surface area contributed by atoms with Crippen molar-refractivity contribution in [2.75, 3.05) is 19.3 Å². The summed E-state index contributed by atoms with van der Waals surface area (Å²) in [4.78, 5) is 9.65. The van der Waals surface area contributed by atoms with E-state index in [1.807, 2.05) is 0 Å². The van der Waals surface area contributed by atoms with Crippen molar-refractivity contribution in [3.05, 3.63) is 0 Å². The average Bonchev–Trinajstić information content (AvgIpc) is 2.16. The number of nitrogens with two attached hydrogens (primary N) is 1. The molecule has 0 aliphatic carbocycles. The molecule has 5 heteroatoms. The van der Waals surface area contributed by atoms with E-state index in [2.05, 4.69) is 0 Å². The number of hydrogen-bond donors (Lipinski definition) is 2. The molecule has 0 saturated carbocycles. The molecule has 0 spiro atoms. The summed E-state index contributed by atoms with van der Waals surface area (Å²) in [5, 5.41) is 0. The fraction of sp³-hybridized carbons (Fsp3) is 1.00. The first kappa shape index (κ1) is 11.2. The largest absolute Gasteiger partial charge is 0.368 e. The lowest BCUT2D eigenvalue weighted by Crippen LogP contribution is -2.21. The molecule has 1 heterocycles. The van der Waals surface area contributed by atoms with E-state index in [1.54, 1.807) is 0 Å². The highest BCUT2D eigenvalue weighted by Crippen LogP contribution is 2.50. The maximum atomic E-state index is 11.7. The highest BCUT2D eigenvalue weighted by molar-refractivity contribution is 7.58. The second kappa shape index (κ2) is 5.11. The second-order valence-electron chi connectivity index (χ2n) is 3.44. The van der Waals surface area contributed by atoms with Gasteiger partial charge in [0, 0.05) is 12.8 Å². The van der Waals surface area contributed by atoms with Gasteiger partial charge in [0.05, 0.1) is 0 Å². The van der Waals surface area contributed by atoms with Crippen LogP contribution < -0.4 is 5.73 Å². The first-order chi connectivity index (χ1) is 6.17. The predicted octanol–water partition coefficient (Wildman–Crippen LogP) is 1.13. The number of ether oxygens (including phenoxy) is 1. The van der Waals surface area contributed by atoms with Gasteiger partial charge >= 0.3 is 0 Å². The maximum Gasteiger partial charge on any atom is 0.228 e. The second-order valence-corrected chi connectivity index (χ2v) is 5.98. The van der Waals surface area contributed by atoms with Crippen LogP contribution in [0.3, 0.4) is 0 Å². The molecule has 78 valence electrons. The molecule has 0 radical (unpaired) electrons. The van der Waals surface area contributed by atoms with Gasteiger partial charge < -0.3 is 15.4 Å². The van der Waals surface area contributed by atoms with E-state index in [0.29, 0.717) is 25.7 Å². The molecule has 1 aliphatic heterocycles. The van der Waals surface area contributed by atoms with Crippen molar-refractivity contribution < 1.29 is 14.2 Å². The van der Waals surface area contributed by atoms with Crippen molar-refractivity contribution in [2.45, 2.75) is 31.5 Å². The van der Waals surface area contributed by atoms with Gasteiger partial charge in [-0.15, -0.1) is 0 Å². The molecule has 0 bridgehead atoms. The molecule has 0 aromatic carbocycles. The molecule has 0 amide bonds. The van der Waals surface area contributed by atoms with Gasteiger partial charge in [-0.05, 0) is 32.2 Å². The monoisotopic (exact) mass is 207 g/mol. The van der Waals surface area contributed by atoms with Gasteiger partial charge in [-0.1, -0.05) is 0 Å². The lowest BCUT2D eigenvalue weighted by atomic mass is 10.2. The van der Waals surface area contributed by atoms with Crippen molar-refractivity contribution >= 4 is 7.37 Å². The Morgan fingerprint density at radius 2 is 2.31 bits per heavy atom. The van der Waals surface area contributed by atoms with Crippen LogP contribution in [0.1, 0.15) is 25.7 Å². The van der Waals surface area contributed by atoms with Crippen LogP contribution in [-0.4, -0.2) is 30.1 Å². The van der Waals surface area contributed by atoms with Crippen LogP contribution in [0.15, 0.2) is 0 Å². The highest BCUT2D eigenvalue weighted by atomic mass is 31.2. The molecule has 1 saturated heterocycles. The third-order valence-corrected chi connectivity index (χ3v) is 4.55. The molecular formula is C8H18NO3P. The lowest BCUT2D eigenvalue weighted by Gasteiger charge is -2.26. The van der Waals surface area contributed by atoms with Gasteiger partial charge in [-0.2, -0.15) is 0 Å². The third-order valence-electron chi connectivity index (χ3n) is 2.29. The summed E-state index contributed by atoms with van der Waals surface area (Å²) in [5.41, 5.74) is 5.29. The van der Waals surface area contributed by atoms with E-state index in [4.69, 9.17) is 10.5 Å². The van der Waals surface area contributed by atoms with Gasteiger partial charge in [0.1, 0.15) is 5.85 Å². The van der Waals surface area contributed by atoms with Gasteiger partial charge in [-0.25, -0.2) is 0 Å². The van der Waals surface area contributed by atoms with Crippen molar-refractivity contribution in [3.8, 4) is 0 Å². The minimum absolute atomic E-state index is 0.300. The molecule has 4 nitrogen and oxygen atoms in total. The van der Waals surface area contributed by atoms with Crippen LogP contribution in [0.4, 0.5) is 0 Å². The molecule has 1 aliphatic rings. The molecular weight excluding hydrogens is 189 g/mol. The van der Waals surface area contributed by atoms with Gasteiger partial charge in [0.2, 0.25) is 7.37 Å². The normalized spacial score (nSPS) is 28.3. The molecule has 1 unspecified atom stereocenters.